The molecule has 0 aromatic carbocycles. The number of hydrogen-bond acceptors (Lipinski definition) is 5. The number of rotatable bonds is 6. The maximum atomic E-state index is 12.2. The lowest BCUT2D eigenvalue weighted by molar-refractivity contribution is -0.140. The quantitative estimate of drug-likeness (QED) is 0.730. The summed E-state index contributed by atoms with van der Waals surface area (Å²) in [5, 5.41) is 2.90. The van der Waals surface area contributed by atoms with Gasteiger partial charge in [-0.3, -0.25) is 4.79 Å². The first-order valence-corrected chi connectivity index (χ1v) is 8.24. The molecule has 5 nitrogen and oxygen atoms in total. The standard InChI is InChI=1S/C12H23NO4S/c1-3-13-10-6-4-5-7-11(10)18(15,16)9-8-12(14)17-2/h10-11,13H,3-9H2,1-2H3. The minimum atomic E-state index is -3.22. The van der Waals surface area contributed by atoms with Crippen LogP contribution in [0.2, 0.25) is 0 Å². The molecule has 1 saturated carbocycles. The van der Waals surface area contributed by atoms with Crippen LogP contribution in [-0.4, -0.2) is 45.1 Å². The van der Waals surface area contributed by atoms with E-state index in [0.29, 0.717) is 6.42 Å². The highest BCUT2D eigenvalue weighted by atomic mass is 32.2. The Morgan fingerprint density at radius 3 is 2.61 bits per heavy atom. The predicted octanol–water partition coefficient (Wildman–Crippen LogP) is 0.885. The Balaban J connectivity index is 2.65. The molecule has 0 amide bonds. The van der Waals surface area contributed by atoms with Crippen LogP contribution in [-0.2, 0) is 19.4 Å². The van der Waals surface area contributed by atoms with Gasteiger partial charge in [-0.1, -0.05) is 19.8 Å². The third-order valence-electron chi connectivity index (χ3n) is 3.45. The second-order valence-corrected chi connectivity index (χ2v) is 7.02. The van der Waals surface area contributed by atoms with Gasteiger partial charge < -0.3 is 10.1 Å². The maximum absolute atomic E-state index is 12.2. The van der Waals surface area contributed by atoms with Gasteiger partial charge in [0.1, 0.15) is 0 Å². The monoisotopic (exact) mass is 277 g/mol. The molecule has 106 valence electrons. The molecule has 0 aromatic heterocycles. The zero-order valence-electron chi connectivity index (χ0n) is 11.1. The Kier molecular flexibility index (Phi) is 6.08. The average Bonchev–Trinajstić information content (AvgIpc) is 2.37. The molecule has 0 aliphatic heterocycles. The number of methoxy groups -OCH3 is 1. The number of ether oxygens (including phenoxy) is 1. The van der Waals surface area contributed by atoms with E-state index in [2.05, 4.69) is 10.1 Å². The predicted molar refractivity (Wildman–Crippen MR) is 70.1 cm³/mol. The van der Waals surface area contributed by atoms with E-state index in [1.165, 1.54) is 7.11 Å². The Morgan fingerprint density at radius 2 is 2.00 bits per heavy atom. The van der Waals surface area contributed by atoms with E-state index in [4.69, 9.17) is 0 Å². The smallest absolute Gasteiger partial charge is 0.306 e. The normalized spacial score (nSPS) is 24.8. The minimum Gasteiger partial charge on any atom is -0.469 e. The highest BCUT2D eigenvalue weighted by Gasteiger charge is 2.34. The SMILES string of the molecule is CCNC1CCCCC1S(=O)(=O)CCC(=O)OC. The Hall–Kier alpha value is -0.620. The summed E-state index contributed by atoms with van der Waals surface area (Å²) in [6.07, 6.45) is 3.57. The van der Waals surface area contributed by atoms with Gasteiger partial charge in [0.05, 0.1) is 24.5 Å². The average molecular weight is 277 g/mol. The van der Waals surface area contributed by atoms with E-state index < -0.39 is 15.8 Å². The molecular weight excluding hydrogens is 254 g/mol. The highest BCUT2D eigenvalue weighted by molar-refractivity contribution is 7.92. The van der Waals surface area contributed by atoms with Crippen LogP contribution in [0, 0.1) is 0 Å². The van der Waals surface area contributed by atoms with Crippen molar-refractivity contribution in [3.8, 4) is 0 Å². The molecule has 2 unspecified atom stereocenters. The summed E-state index contributed by atoms with van der Waals surface area (Å²) >= 11 is 0. The van der Waals surface area contributed by atoms with Crippen LogP contribution in [0.4, 0.5) is 0 Å². The van der Waals surface area contributed by atoms with Gasteiger partial charge in [-0.05, 0) is 19.4 Å². The summed E-state index contributed by atoms with van der Waals surface area (Å²) in [6, 6.07) is 0.0337. The van der Waals surface area contributed by atoms with Crippen molar-refractivity contribution in [1.29, 1.82) is 0 Å². The molecular formula is C12H23NO4S. The van der Waals surface area contributed by atoms with Crippen LogP contribution < -0.4 is 5.32 Å². The highest BCUT2D eigenvalue weighted by Crippen LogP contribution is 2.25. The molecule has 0 bridgehead atoms. The lowest BCUT2D eigenvalue weighted by Crippen LogP contribution is -2.47. The van der Waals surface area contributed by atoms with E-state index in [1.54, 1.807) is 0 Å². The van der Waals surface area contributed by atoms with Gasteiger partial charge in [-0.25, -0.2) is 8.42 Å². The Bertz CT molecular complexity index is 364. The molecule has 1 aliphatic carbocycles. The molecule has 0 aromatic rings. The van der Waals surface area contributed by atoms with Crippen LogP contribution in [0.15, 0.2) is 0 Å². The first kappa shape index (κ1) is 15.4. The summed E-state index contributed by atoms with van der Waals surface area (Å²) in [5.74, 6) is -0.568. The molecule has 6 heteroatoms. The van der Waals surface area contributed by atoms with Crippen molar-refractivity contribution in [2.75, 3.05) is 19.4 Å². The number of sulfone groups is 1. The van der Waals surface area contributed by atoms with Gasteiger partial charge in [0, 0.05) is 6.04 Å². The van der Waals surface area contributed by atoms with Crippen molar-refractivity contribution in [2.45, 2.75) is 50.3 Å². The van der Waals surface area contributed by atoms with Gasteiger partial charge in [0.2, 0.25) is 0 Å². The van der Waals surface area contributed by atoms with E-state index in [1.807, 2.05) is 6.92 Å². The Labute approximate surface area is 109 Å². The number of carbonyl (C=O) groups excluding carboxylic acids is 1. The van der Waals surface area contributed by atoms with Crippen LogP contribution in [0.1, 0.15) is 39.0 Å². The van der Waals surface area contributed by atoms with E-state index in [9.17, 15) is 13.2 Å². The van der Waals surface area contributed by atoms with Crippen LogP contribution in [0.3, 0.4) is 0 Å². The fourth-order valence-electron chi connectivity index (χ4n) is 2.50. The molecule has 1 fully saturated rings. The van der Waals surface area contributed by atoms with E-state index >= 15 is 0 Å². The number of nitrogens with one attached hydrogen (secondary N) is 1. The number of hydrogen-bond donors (Lipinski definition) is 1. The van der Waals surface area contributed by atoms with Crippen molar-refractivity contribution in [3.63, 3.8) is 0 Å². The third-order valence-corrected chi connectivity index (χ3v) is 5.71. The second-order valence-electron chi connectivity index (χ2n) is 4.68. The van der Waals surface area contributed by atoms with Crippen LogP contribution >= 0.6 is 0 Å². The van der Waals surface area contributed by atoms with Gasteiger partial charge in [0.25, 0.3) is 0 Å². The topological polar surface area (TPSA) is 72.5 Å². The number of esters is 1. The summed E-state index contributed by atoms with van der Waals surface area (Å²) in [5.41, 5.74) is 0. The molecule has 1 N–H and O–H groups in total. The number of carbonyl (C=O) groups is 1. The van der Waals surface area contributed by atoms with Crippen LogP contribution in [0.5, 0.6) is 0 Å². The van der Waals surface area contributed by atoms with Gasteiger partial charge >= 0.3 is 5.97 Å². The van der Waals surface area contributed by atoms with Crippen molar-refractivity contribution >= 4 is 15.8 Å². The zero-order valence-corrected chi connectivity index (χ0v) is 12.0. The lowest BCUT2D eigenvalue weighted by Gasteiger charge is -2.31. The van der Waals surface area contributed by atoms with Crippen molar-refractivity contribution in [2.24, 2.45) is 0 Å². The van der Waals surface area contributed by atoms with Gasteiger partial charge in [-0.15, -0.1) is 0 Å². The maximum Gasteiger partial charge on any atom is 0.306 e. The molecule has 0 saturated heterocycles. The van der Waals surface area contributed by atoms with E-state index in [-0.39, 0.29) is 23.5 Å². The van der Waals surface area contributed by atoms with Gasteiger partial charge in [-0.2, -0.15) is 0 Å². The first-order chi connectivity index (χ1) is 8.51. The molecule has 0 heterocycles. The second kappa shape index (κ2) is 7.09. The minimum absolute atomic E-state index is 0.0337. The summed E-state index contributed by atoms with van der Waals surface area (Å²) in [7, 11) is -1.95. The first-order valence-electron chi connectivity index (χ1n) is 6.53. The van der Waals surface area contributed by atoms with Gasteiger partial charge in [0.15, 0.2) is 9.84 Å². The lowest BCUT2D eigenvalue weighted by atomic mass is 9.95. The fourth-order valence-corrected chi connectivity index (χ4v) is 4.51. The van der Waals surface area contributed by atoms with Crippen molar-refractivity contribution in [3.05, 3.63) is 0 Å². The molecule has 1 aliphatic rings. The molecule has 2 atom stereocenters. The zero-order chi connectivity index (χ0) is 13.6. The molecule has 18 heavy (non-hydrogen) atoms. The van der Waals surface area contributed by atoms with Crippen molar-refractivity contribution < 1.29 is 17.9 Å². The molecule has 0 radical (unpaired) electrons. The van der Waals surface area contributed by atoms with E-state index in [0.717, 1.165) is 25.8 Å². The van der Waals surface area contributed by atoms with Crippen LogP contribution in [0.25, 0.3) is 0 Å². The fraction of sp³-hybridized carbons (Fsp3) is 0.917. The summed E-state index contributed by atoms with van der Waals surface area (Å²) in [4.78, 5) is 11.0. The Morgan fingerprint density at radius 1 is 1.33 bits per heavy atom. The largest absolute Gasteiger partial charge is 0.469 e. The summed E-state index contributed by atoms with van der Waals surface area (Å²) in [6.45, 7) is 2.75. The summed E-state index contributed by atoms with van der Waals surface area (Å²) < 4.78 is 29.0. The molecule has 0 spiro atoms. The third kappa shape index (κ3) is 4.24. The van der Waals surface area contributed by atoms with Crippen molar-refractivity contribution in [1.82, 2.24) is 5.32 Å². The molecule has 1 rings (SSSR count).